The molecular formula is C24H20Cl3N3O2S. The quantitative estimate of drug-likeness (QED) is 0.295. The molecule has 0 aliphatic carbocycles. The first-order valence-electron chi connectivity index (χ1n) is 10.0. The average Bonchev–Trinajstić information content (AvgIpc) is 2.72. The minimum atomic E-state index is -0.618. The van der Waals surface area contributed by atoms with Gasteiger partial charge in [-0.2, -0.15) is 0 Å². The fraction of sp³-hybridized carbons (Fsp3) is 0.208. The highest BCUT2D eigenvalue weighted by Gasteiger charge is 2.36. The lowest BCUT2D eigenvalue weighted by Crippen LogP contribution is -2.54. The number of amides is 2. The molecule has 0 radical (unpaired) electrons. The average molecular weight is 521 g/mol. The van der Waals surface area contributed by atoms with Gasteiger partial charge in [-0.1, -0.05) is 46.9 Å². The van der Waals surface area contributed by atoms with Gasteiger partial charge in [0, 0.05) is 23.3 Å². The maximum absolute atomic E-state index is 13.4. The van der Waals surface area contributed by atoms with Crippen molar-refractivity contribution in [3.05, 3.63) is 68.2 Å². The lowest BCUT2D eigenvalue weighted by atomic mass is 9.88. The number of anilines is 2. The zero-order chi connectivity index (χ0) is 24.2. The highest BCUT2D eigenvalue weighted by Crippen LogP contribution is 2.41. The molecule has 0 spiro atoms. The second-order valence-corrected chi connectivity index (χ2v) is 10.0. The molecule has 9 heteroatoms. The fourth-order valence-corrected chi connectivity index (χ4v) is 4.86. The number of nitrogens with one attached hydrogen (secondary N) is 1. The van der Waals surface area contributed by atoms with Crippen LogP contribution in [0.15, 0.2) is 42.0 Å². The van der Waals surface area contributed by atoms with Gasteiger partial charge < -0.3 is 4.90 Å². The van der Waals surface area contributed by atoms with Gasteiger partial charge in [-0.15, -0.1) is 0 Å². The molecule has 2 aromatic rings. The summed E-state index contributed by atoms with van der Waals surface area (Å²) in [7, 11) is 2.00. The van der Waals surface area contributed by atoms with Crippen LogP contribution in [0, 0.1) is 0 Å². The van der Waals surface area contributed by atoms with E-state index in [1.54, 1.807) is 18.2 Å². The number of hydrogen-bond acceptors (Lipinski definition) is 4. The molecule has 0 atom stereocenters. The zero-order valence-electron chi connectivity index (χ0n) is 18.3. The summed E-state index contributed by atoms with van der Waals surface area (Å²) in [4.78, 5) is 29.4. The number of allylic oxidation sites excluding steroid dienone is 1. The Morgan fingerprint density at radius 2 is 1.76 bits per heavy atom. The molecule has 2 aromatic carbocycles. The van der Waals surface area contributed by atoms with Crippen LogP contribution >= 0.6 is 47.0 Å². The molecule has 1 fully saturated rings. The summed E-state index contributed by atoms with van der Waals surface area (Å²) in [5.41, 5.74) is 3.56. The first kappa shape index (κ1) is 23.8. The second kappa shape index (κ2) is 8.44. The van der Waals surface area contributed by atoms with Gasteiger partial charge in [-0.05, 0) is 74.5 Å². The van der Waals surface area contributed by atoms with Crippen molar-refractivity contribution in [2.45, 2.75) is 26.3 Å². The highest BCUT2D eigenvalue weighted by molar-refractivity contribution is 7.80. The van der Waals surface area contributed by atoms with Gasteiger partial charge >= 0.3 is 0 Å². The summed E-state index contributed by atoms with van der Waals surface area (Å²) in [5.74, 6) is -1.23. The second-order valence-electron chi connectivity index (χ2n) is 8.46. The highest BCUT2D eigenvalue weighted by atomic mass is 35.5. The maximum atomic E-state index is 13.4. The van der Waals surface area contributed by atoms with E-state index >= 15 is 0 Å². The molecule has 2 heterocycles. The number of likely N-dealkylation sites (N-methyl/N-ethyl adjacent to an activating group) is 1. The Morgan fingerprint density at radius 1 is 1.06 bits per heavy atom. The lowest BCUT2D eigenvalue weighted by Gasteiger charge is -2.41. The molecule has 1 saturated heterocycles. The van der Waals surface area contributed by atoms with Crippen LogP contribution in [-0.2, 0) is 9.59 Å². The predicted molar refractivity (Wildman–Crippen MR) is 140 cm³/mol. The van der Waals surface area contributed by atoms with Crippen LogP contribution in [0.5, 0.6) is 0 Å². The Kier molecular flexibility index (Phi) is 6.08. The Bertz CT molecular complexity index is 1300. The van der Waals surface area contributed by atoms with E-state index in [2.05, 4.69) is 30.1 Å². The van der Waals surface area contributed by atoms with E-state index in [0.29, 0.717) is 10.6 Å². The number of carbonyl (C=O) groups is 2. The largest absolute Gasteiger partial charge is 0.365 e. The topological polar surface area (TPSA) is 52.7 Å². The number of hydrogen-bond donors (Lipinski definition) is 1. The minimum Gasteiger partial charge on any atom is -0.365 e. The van der Waals surface area contributed by atoms with Crippen molar-refractivity contribution in [3.8, 4) is 0 Å². The van der Waals surface area contributed by atoms with Crippen LogP contribution < -0.4 is 15.1 Å². The molecule has 2 aliphatic rings. The van der Waals surface area contributed by atoms with Gasteiger partial charge in [0.15, 0.2) is 5.11 Å². The molecule has 0 bridgehead atoms. The number of fused-ring (bicyclic) bond motifs is 1. The van der Waals surface area contributed by atoms with Gasteiger partial charge in [-0.25, -0.2) is 0 Å². The van der Waals surface area contributed by atoms with Crippen molar-refractivity contribution in [2.75, 3.05) is 16.8 Å². The van der Waals surface area contributed by atoms with Gasteiger partial charge in [0.2, 0.25) is 0 Å². The Morgan fingerprint density at radius 3 is 2.45 bits per heavy atom. The van der Waals surface area contributed by atoms with Crippen LogP contribution in [-0.4, -0.2) is 29.5 Å². The maximum Gasteiger partial charge on any atom is 0.270 e. The normalized spacial score (nSPS) is 18.9. The van der Waals surface area contributed by atoms with Crippen molar-refractivity contribution in [1.82, 2.24) is 5.32 Å². The minimum absolute atomic E-state index is 0.0783. The van der Waals surface area contributed by atoms with Crippen LogP contribution in [0.2, 0.25) is 15.1 Å². The van der Waals surface area contributed by atoms with Crippen LogP contribution in [0.1, 0.15) is 31.9 Å². The van der Waals surface area contributed by atoms with Crippen LogP contribution in [0.25, 0.3) is 11.6 Å². The standard InChI is InChI=1S/C24H20Cl3N3O2S/c1-12-11-24(2,3)29(4)19-10-17(26)13(8-14(12)19)9-15-21(31)28-23(33)30(22(15)32)18-7-5-6-16(25)20(18)27/h5-11H,1-4H3,(H,28,31,33)/b15-9-. The summed E-state index contributed by atoms with van der Waals surface area (Å²) in [6.07, 6.45) is 3.64. The molecule has 0 saturated carbocycles. The first-order chi connectivity index (χ1) is 15.4. The van der Waals surface area contributed by atoms with E-state index in [9.17, 15) is 9.59 Å². The third-order valence-electron chi connectivity index (χ3n) is 5.91. The molecule has 33 heavy (non-hydrogen) atoms. The molecule has 2 amide bonds. The zero-order valence-corrected chi connectivity index (χ0v) is 21.4. The Hall–Kier alpha value is -2.38. The number of halogens is 3. The van der Waals surface area contributed by atoms with Crippen molar-refractivity contribution >= 4 is 87.0 Å². The molecule has 0 unspecified atom stereocenters. The Labute approximate surface area is 212 Å². The van der Waals surface area contributed by atoms with Crippen LogP contribution in [0.3, 0.4) is 0 Å². The van der Waals surface area contributed by atoms with Gasteiger partial charge in [0.25, 0.3) is 11.8 Å². The van der Waals surface area contributed by atoms with E-state index in [0.717, 1.165) is 21.7 Å². The summed E-state index contributed by atoms with van der Waals surface area (Å²) in [6, 6.07) is 8.58. The number of nitrogens with zero attached hydrogens (tertiary/aromatic N) is 2. The molecule has 2 aliphatic heterocycles. The van der Waals surface area contributed by atoms with E-state index in [4.69, 9.17) is 47.0 Å². The third-order valence-corrected chi connectivity index (χ3v) is 7.33. The number of carbonyl (C=O) groups excluding carboxylic acids is 2. The number of thiocarbonyl (C=S) groups is 1. The first-order valence-corrected chi connectivity index (χ1v) is 11.6. The number of rotatable bonds is 2. The molecule has 0 aromatic heterocycles. The molecule has 4 rings (SSSR count). The third kappa shape index (κ3) is 4.06. The van der Waals surface area contributed by atoms with Crippen LogP contribution in [0.4, 0.5) is 11.4 Å². The van der Waals surface area contributed by atoms with E-state index in [-0.39, 0.29) is 32.0 Å². The smallest absolute Gasteiger partial charge is 0.270 e. The molecule has 5 nitrogen and oxygen atoms in total. The Balaban J connectivity index is 1.81. The van der Waals surface area contributed by atoms with Crippen molar-refractivity contribution in [3.63, 3.8) is 0 Å². The van der Waals surface area contributed by atoms with Crippen molar-refractivity contribution in [2.24, 2.45) is 0 Å². The summed E-state index contributed by atoms with van der Waals surface area (Å²) < 4.78 is 0. The predicted octanol–water partition coefficient (Wildman–Crippen LogP) is 6.11. The fourth-order valence-electron chi connectivity index (χ4n) is 4.00. The van der Waals surface area contributed by atoms with Crippen molar-refractivity contribution in [1.29, 1.82) is 0 Å². The van der Waals surface area contributed by atoms with Gasteiger partial charge in [0.1, 0.15) is 5.57 Å². The monoisotopic (exact) mass is 519 g/mol. The lowest BCUT2D eigenvalue weighted by molar-refractivity contribution is -0.122. The van der Waals surface area contributed by atoms with Crippen molar-refractivity contribution < 1.29 is 9.59 Å². The van der Waals surface area contributed by atoms with E-state index in [1.165, 1.54) is 6.08 Å². The molecule has 1 N–H and O–H groups in total. The molecule has 170 valence electrons. The number of benzene rings is 2. The molecular weight excluding hydrogens is 501 g/mol. The van der Waals surface area contributed by atoms with Gasteiger partial charge in [-0.3, -0.25) is 19.8 Å². The summed E-state index contributed by atoms with van der Waals surface area (Å²) in [5, 5.41) is 3.31. The van der Waals surface area contributed by atoms with Gasteiger partial charge in [0.05, 0.1) is 21.3 Å². The SMILES string of the molecule is CC1=CC(C)(C)N(C)c2cc(Cl)c(/C=C3/C(=O)NC(=S)N(c4cccc(Cl)c4Cl)C3=O)cc21. The summed E-state index contributed by atoms with van der Waals surface area (Å²) in [6.45, 7) is 6.26. The summed E-state index contributed by atoms with van der Waals surface area (Å²) >= 11 is 24.3. The van der Waals surface area contributed by atoms with E-state index < -0.39 is 11.8 Å². The van der Waals surface area contributed by atoms with E-state index in [1.807, 2.05) is 26.1 Å².